The normalized spacial score (nSPS) is 27.8. The summed E-state index contributed by atoms with van der Waals surface area (Å²) in [6.07, 6.45) is 1.38. The van der Waals surface area contributed by atoms with Crippen molar-refractivity contribution < 1.29 is 9.47 Å². The van der Waals surface area contributed by atoms with Crippen molar-refractivity contribution in [3.05, 3.63) is 34.9 Å². The van der Waals surface area contributed by atoms with Crippen molar-refractivity contribution in [2.75, 3.05) is 6.61 Å². The first-order valence-corrected chi connectivity index (χ1v) is 7.11. The third kappa shape index (κ3) is 3.44. The van der Waals surface area contributed by atoms with Crippen LogP contribution in [0.15, 0.2) is 24.3 Å². The minimum Gasteiger partial charge on any atom is -0.375 e. The molecule has 1 saturated carbocycles. The fourth-order valence-corrected chi connectivity index (χ4v) is 3.00. The van der Waals surface area contributed by atoms with Gasteiger partial charge in [-0.1, -0.05) is 39.7 Å². The lowest BCUT2D eigenvalue weighted by Crippen LogP contribution is -2.50. The molecule has 1 aliphatic rings. The Kier molecular flexibility index (Phi) is 4.86. The van der Waals surface area contributed by atoms with E-state index in [9.17, 15) is 0 Å². The standard InChI is InChI=1S/C13H16BrClO2/c1-2-16-13-11(14)7-12(13)17-8-9-4-3-5-10(15)6-9/h3-6,11-13H,2,7-8H2,1H3. The molecule has 0 aromatic heterocycles. The summed E-state index contributed by atoms with van der Waals surface area (Å²) in [5, 5.41) is 0.749. The number of ether oxygens (including phenoxy) is 2. The van der Waals surface area contributed by atoms with Crippen molar-refractivity contribution in [3.63, 3.8) is 0 Å². The Morgan fingerprint density at radius 2 is 2.24 bits per heavy atom. The molecule has 0 heterocycles. The van der Waals surface area contributed by atoms with Gasteiger partial charge in [-0.2, -0.15) is 0 Å². The van der Waals surface area contributed by atoms with E-state index in [2.05, 4.69) is 15.9 Å². The second-order valence-corrected chi connectivity index (χ2v) is 5.76. The zero-order valence-corrected chi connectivity index (χ0v) is 12.1. The molecule has 0 N–H and O–H groups in total. The van der Waals surface area contributed by atoms with Crippen LogP contribution in [0.4, 0.5) is 0 Å². The summed E-state index contributed by atoms with van der Waals surface area (Å²) in [5.74, 6) is 0. The number of halogens is 2. The predicted molar refractivity (Wildman–Crippen MR) is 72.8 cm³/mol. The lowest BCUT2D eigenvalue weighted by molar-refractivity contribution is -0.124. The van der Waals surface area contributed by atoms with Crippen LogP contribution in [0.1, 0.15) is 18.9 Å². The molecule has 94 valence electrons. The van der Waals surface area contributed by atoms with E-state index >= 15 is 0 Å². The molecule has 1 aromatic rings. The van der Waals surface area contributed by atoms with Crippen LogP contribution in [-0.2, 0) is 16.1 Å². The van der Waals surface area contributed by atoms with Gasteiger partial charge in [-0.3, -0.25) is 0 Å². The topological polar surface area (TPSA) is 18.5 Å². The van der Waals surface area contributed by atoms with Crippen molar-refractivity contribution in [3.8, 4) is 0 Å². The average molecular weight is 320 g/mol. The van der Waals surface area contributed by atoms with Gasteiger partial charge in [0.1, 0.15) is 0 Å². The quantitative estimate of drug-likeness (QED) is 0.769. The van der Waals surface area contributed by atoms with Crippen molar-refractivity contribution in [2.45, 2.75) is 37.0 Å². The van der Waals surface area contributed by atoms with Crippen LogP contribution in [0.3, 0.4) is 0 Å². The second-order valence-electron chi connectivity index (χ2n) is 4.15. The molecule has 0 amide bonds. The Morgan fingerprint density at radius 1 is 1.41 bits per heavy atom. The van der Waals surface area contributed by atoms with Gasteiger partial charge in [-0.15, -0.1) is 0 Å². The largest absolute Gasteiger partial charge is 0.375 e. The van der Waals surface area contributed by atoms with E-state index in [-0.39, 0.29) is 12.2 Å². The maximum Gasteiger partial charge on any atom is 0.0962 e. The van der Waals surface area contributed by atoms with Crippen molar-refractivity contribution in [2.24, 2.45) is 0 Å². The number of rotatable bonds is 5. The van der Waals surface area contributed by atoms with Crippen molar-refractivity contribution in [1.29, 1.82) is 0 Å². The van der Waals surface area contributed by atoms with E-state index in [1.54, 1.807) is 0 Å². The zero-order chi connectivity index (χ0) is 12.3. The Bertz CT molecular complexity index is 372. The molecule has 17 heavy (non-hydrogen) atoms. The predicted octanol–water partition coefficient (Wildman–Crippen LogP) is 3.80. The summed E-state index contributed by atoms with van der Waals surface area (Å²) in [4.78, 5) is 0.423. The van der Waals surface area contributed by atoms with Crippen molar-refractivity contribution >= 4 is 27.5 Å². The maximum absolute atomic E-state index is 5.92. The smallest absolute Gasteiger partial charge is 0.0962 e. The van der Waals surface area contributed by atoms with Gasteiger partial charge in [0, 0.05) is 16.5 Å². The van der Waals surface area contributed by atoms with E-state index in [4.69, 9.17) is 21.1 Å². The Morgan fingerprint density at radius 3 is 2.88 bits per heavy atom. The van der Waals surface area contributed by atoms with Crippen LogP contribution in [0.2, 0.25) is 5.02 Å². The molecule has 1 aromatic carbocycles. The van der Waals surface area contributed by atoms with Gasteiger partial charge in [0.2, 0.25) is 0 Å². The molecule has 0 bridgehead atoms. The molecule has 3 unspecified atom stereocenters. The van der Waals surface area contributed by atoms with Gasteiger partial charge < -0.3 is 9.47 Å². The van der Waals surface area contributed by atoms with E-state index in [0.29, 0.717) is 11.4 Å². The molecule has 2 nitrogen and oxygen atoms in total. The van der Waals surface area contributed by atoms with Crippen LogP contribution in [0.5, 0.6) is 0 Å². The van der Waals surface area contributed by atoms with Crippen LogP contribution >= 0.6 is 27.5 Å². The van der Waals surface area contributed by atoms with E-state index in [1.807, 2.05) is 31.2 Å². The number of benzene rings is 1. The number of alkyl halides is 1. The van der Waals surface area contributed by atoms with Gasteiger partial charge in [0.05, 0.1) is 18.8 Å². The first-order valence-electron chi connectivity index (χ1n) is 5.82. The lowest BCUT2D eigenvalue weighted by atomic mass is 9.91. The highest BCUT2D eigenvalue weighted by molar-refractivity contribution is 9.09. The monoisotopic (exact) mass is 318 g/mol. The fourth-order valence-electron chi connectivity index (χ4n) is 1.92. The summed E-state index contributed by atoms with van der Waals surface area (Å²) in [5.41, 5.74) is 1.10. The molecule has 1 fully saturated rings. The van der Waals surface area contributed by atoms with Gasteiger partial charge in [0.25, 0.3) is 0 Å². The molecule has 3 atom stereocenters. The second kappa shape index (κ2) is 6.19. The molecule has 0 radical (unpaired) electrons. The summed E-state index contributed by atoms with van der Waals surface area (Å²) >= 11 is 9.50. The molecule has 2 rings (SSSR count). The van der Waals surface area contributed by atoms with E-state index < -0.39 is 0 Å². The molecule has 0 aliphatic heterocycles. The summed E-state index contributed by atoms with van der Waals surface area (Å²) in [7, 11) is 0. The van der Waals surface area contributed by atoms with Gasteiger partial charge >= 0.3 is 0 Å². The first-order chi connectivity index (χ1) is 8.20. The average Bonchev–Trinajstić information content (AvgIpc) is 2.31. The lowest BCUT2D eigenvalue weighted by Gasteiger charge is -2.40. The Balaban J connectivity index is 1.82. The SMILES string of the molecule is CCOC1C(Br)CC1OCc1cccc(Cl)c1. The van der Waals surface area contributed by atoms with E-state index in [1.165, 1.54) is 0 Å². The number of hydrogen-bond acceptors (Lipinski definition) is 2. The number of hydrogen-bond donors (Lipinski definition) is 0. The Hall–Kier alpha value is -0.0900. The summed E-state index contributed by atoms with van der Waals surface area (Å²) in [6.45, 7) is 3.32. The van der Waals surface area contributed by atoms with Crippen LogP contribution in [0, 0.1) is 0 Å². The highest BCUT2D eigenvalue weighted by atomic mass is 79.9. The van der Waals surface area contributed by atoms with Crippen LogP contribution < -0.4 is 0 Å². The fraction of sp³-hybridized carbons (Fsp3) is 0.538. The molecule has 4 heteroatoms. The highest BCUT2D eigenvalue weighted by Crippen LogP contribution is 2.33. The molecular weight excluding hydrogens is 303 g/mol. The van der Waals surface area contributed by atoms with E-state index in [0.717, 1.165) is 23.6 Å². The molecular formula is C13H16BrClO2. The minimum absolute atomic E-state index is 0.180. The molecule has 0 saturated heterocycles. The van der Waals surface area contributed by atoms with Gasteiger partial charge in [-0.05, 0) is 31.0 Å². The zero-order valence-electron chi connectivity index (χ0n) is 9.74. The summed E-state index contributed by atoms with van der Waals surface area (Å²) < 4.78 is 11.5. The minimum atomic E-state index is 0.180. The van der Waals surface area contributed by atoms with Crippen LogP contribution in [-0.4, -0.2) is 23.6 Å². The molecule has 0 spiro atoms. The Labute approximate surface area is 115 Å². The first kappa shape index (κ1) is 13.3. The van der Waals surface area contributed by atoms with Gasteiger partial charge in [-0.25, -0.2) is 0 Å². The van der Waals surface area contributed by atoms with Crippen LogP contribution in [0.25, 0.3) is 0 Å². The van der Waals surface area contributed by atoms with Crippen molar-refractivity contribution in [1.82, 2.24) is 0 Å². The third-order valence-corrected chi connectivity index (χ3v) is 4.02. The highest BCUT2D eigenvalue weighted by Gasteiger charge is 2.41. The molecule has 1 aliphatic carbocycles. The third-order valence-electron chi connectivity index (χ3n) is 2.89. The van der Waals surface area contributed by atoms with Gasteiger partial charge in [0.15, 0.2) is 0 Å². The maximum atomic E-state index is 5.92. The summed E-state index contributed by atoms with van der Waals surface area (Å²) in [6, 6.07) is 7.76.